The Morgan fingerprint density at radius 2 is 2.17 bits per heavy atom. The van der Waals surface area contributed by atoms with E-state index in [9.17, 15) is 14.9 Å². The molecule has 0 fully saturated rings. The van der Waals surface area contributed by atoms with E-state index >= 15 is 0 Å². The van der Waals surface area contributed by atoms with E-state index in [0.29, 0.717) is 9.86 Å². The van der Waals surface area contributed by atoms with Gasteiger partial charge in [0.2, 0.25) is 5.91 Å². The third-order valence-corrected chi connectivity index (χ3v) is 5.35. The Hall–Kier alpha value is -2.45. The topological polar surface area (TPSA) is 85.1 Å². The number of benzene rings is 2. The van der Waals surface area contributed by atoms with Crippen LogP contribution in [0, 0.1) is 17.0 Å². The predicted octanol–water partition coefficient (Wildman–Crippen LogP) is 4.24. The van der Waals surface area contributed by atoms with Crippen molar-refractivity contribution in [2.75, 3.05) is 11.1 Å². The summed E-state index contributed by atoms with van der Waals surface area (Å²) in [6.07, 6.45) is 0. The molecule has 1 heterocycles. The summed E-state index contributed by atoms with van der Waals surface area (Å²) in [6.45, 7) is 1.96. The quantitative estimate of drug-likeness (QED) is 0.418. The lowest BCUT2D eigenvalue weighted by Gasteiger charge is -2.04. The lowest BCUT2D eigenvalue weighted by atomic mass is 10.2. The Kier molecular flexibility index (Phi) is 4.77. The minimum atomic E-state index is -0.429. The van der Waals surface area contributed by atoms with Crippen molar-refractivity contribution in [3.8, 4) is 0 Å². The minimum Gasteiger partial charge on any atom is -0.325 e. The third kappa shape index (κ3) is 3.90. The number of carbonyl (C=O) groups is 1. The highest BCUT2D eigenvalue weighted by atomic mass is 32.2. The number of hydrogen-bond donors (Lipinski definition) is 1. The maximum atomic E-state index is 12.0. The Morgan fingerprint density at radius 1 is 1.33 bits per heavy atom. The number of thioether (sulfide) groups is 1. The monoisotopic (exact) mass is 359 g/mol. The first-order valence-electron chi connectivity index (χ1n) is 7.05. The number of fused-ring (bicyclic) bond motifs is 1. The molecule has 0 bridgehead atoms. The number of thiazole rings is 1. The molecule has 0 saturated heterocycles. The summed E-state index contributed by atoms with van der Waals surface area (Å²) in [5.41, 5.74) is 2.58. The van der Waals surface area contributed by atoms with Crippen LogP contribution in [-0.4, -0.2) is 21.6 Å². The largest absolute Gasteiger partial charge is 0.325 e. The zero-order chi connectivity index (χ0) is 17.1. The van der Waals surface area contributed by atoms with Crippen molar-refractivity contribution >= 4 is 50.6 Å². The van der Waals surface area contributed by atoms with E-state index in [1.54, 1.807) is 6.07 Å². The van der Waals surface area contributed by atoms with Gasteiger partial charge in [-0.25, -0.2) is 4.98 Å². The number of aryl methyl sites for hydroxylation is 1. The average molecular weight is 359 g/mol. The van der Waals surface area contributed by atoms with Crippen molar-refractivity contribution in [2.45, 2.75) is 11.3 Å². The number of nitro benzene ring substituents is 1. The molecule has 0 unspecified atom stereocenters. The fourth-order valence-corrected chi connectivity index (χ4v) is 4.02. The molecule has 3 aromatic rings. The van der Waals surface area contributed by atoms with Crippen LogP contribution in [0.3, 0.4) is 0 Å². The van der Waals surface area contributed by atoms with Crippen LogP contribution < -0.4 is 5.32 Å². The fourth-order valence-electron chi connectivity index (χ4n) is 2.11. The molecule has 24 heavy (non-hydrogen) atoms. The van der Waals surface area contributed by atoms with E-state index < -0.39 is 4.92 Å². The highest BCUT2D eigenvalue weighted by Crippen LogP contribution is 2.31. The van der Waals surface area contributed by atoms with Crippen molar-refractivity contribution in [3.05, 3.63) is 58.1 Å². The van der Waals surface area contributed by atoms with E-state index in [0.717, 1.165) is 16.0 Å². The first kappa shape index (κ1) is 16.4. The van der Waals surface area contributed by atoms with Gasteiger partial charge in [-0.15, -0.1) is 11.3 Å². The van der Waals surface area contributed by atoms with Crippen molar-refractivity contribution in [3.63, 3.8) is 0 Å². The molecule has 0 aliphatic carbocycles. The van der Waals surface area contributed by atoms with E-state index in [4.69, 9.17) is 0 Å². The van der Waals surface area contributed by atoms with Gasteiger partial charge in [-0.2, -0.15) is 0 Å². The molecule has 8 heteroatoms. The summed E-state index contributed by atoms with van der Waals surface area (Å²) < 4.78 is 1.45. The van der Waals surface area contributed by atoms with Crippen molar-refractivity contribution in [1.82, 2.24) is 4.98 Å². The molecular formula is C16H13N3O3S2. The lowest BCUT2D eigenvalue weighted by molar-refractivity contribution is -0.384. The number of nitrogens with zero attached hydrogens (tertiary/aromatic N) is 2. The standard InChI is InChI=1S/C16H13N3O3S2/c1-10-3-2-4-11(7-10)17-15(20)9-23-16-18-13-6-5-12(19(21)22)8-14(13)24-16/h2-8H,9H2,1H3,(H,17,20). The molecule has 0 aliphatic rings. The van der Waals surface area contributed by atoms with Crippen molar-refractivity contribution in [1.29, 1.82) is 0 Å². The minimum absolute atomic E-state index is 0.0416. The van der Waals surface area contributed by atoms with Gasteiger partial charge in [-0.1, -0.05) is 23.9 Å². The zero-order valence-corrected chi connectivity index (χ0v) is 14.3. The summed E-state index contributed by atoms with van der Waals surface area (Å²) in [4.78, 5) is 26.8. The Labute approximate surface area is 146 Å². The molecular weight excluding hydrogens is 346 g/mol. The first-order chi connectivity index (χ1) is 11.5. The molecule has 3 rings (SSSR count). The van der Waals surface area contributed by atoms with E-state index in [1.807, 2.05) is 31.2 Å². The number of nitro groups is 1. The maximum absolute atomic E-state index is 12.0. The van der Waals surface area contributed by atoms with Gasteiger partial charge in [0, 0.05) is 17.8 Å². The Morgan fingerprint density at radius 3 is 2.92 bits per heavy atom. The van der Waals surface area contributed by atoms with Crippen LogP contribution in [0.5, 0.6) is 0 Å². The van der Waals surface area contributed by atoms with Gasteiger partial charge >= 0.3 is 0 Å². The van der Waals surface area contributed by atoms with Crippen LogP contribution in [0.2, 0.25) is 0 Å². The highest BCUT2D eigenvalue weighted by molar-refractivity contribution is 8.01. The van der Waals surface area contributed by atoms with Crippen LogP contribution in [-0.2, 0) is 4.79 Å². The van der Waals surface area contributed by atoms with E-state index in [2.05, 4.69) is 10.3 Å². The highest BCUT2D eigenvalue weighted by Gasteiger charge is 2.12. The van der Waals surface area contributed by atoms with E-state index in [-0.39, 0.29) is 17.3 Å². The molecule has 0 aliphatic heterocycles. The molecule has 0 spiro atoms. The lowest BCUT2D eigenvalue weighted by Crippen LogP contribution is -2.13. The van der Waals surface area contributed by atoms with Crippen LogP contribution in [0.15, 0.2) is 46.8 Å². The van der Waals surface area contributed by atoms with Gasteiger partial charge in [0.15, 0.2) is 4.34 Å². The van der Waals surface area contributed by atoms with Gasteiger partial charge in [0.05, 0.1) is 20.9 Å². The van der Waals surface area contributed by atoms with Gasteiger partial charge in [-0.05, 0) is 30.7 Å². The predicted molar refractivity (Wildman–Crippen MR) is 96.8 cm³/mol. The van der Waals surface area contributed by atoms with Crippen molar-refractivity contribution < 1.29 is 9.72 Å². The molecule has 2 aromatic carbocycles. The second kappa shape index (κ2) is 6.98. The van der Waals surface area contributed by atoms with Crippen LogP contribution in [0.1, 0.15) is 5.56 Å². The number of amides is 1. The first-order valence-corrected chi connectivity index (χ1v) is 8.86. The van der Waals surface area contributed by atoms with Crippen LogP contribution in [0.25, 0.3) is 10.2 Å². The third-order valence-electron chi connectivity index (χ3n) is 3.19. The second-order valence-corrected chi connectivity index (χ2v) is 7.35. The van der Waals surface area contributed by atoms with Crippen LogP contribution in [0.4, 0.5) is 11.4 Å². The molecule has 6 nitrogen and oxygen atoms in total. The summed E-state index contributed by atoms with van der Waals surface area (Å²) in [5.74, 6) is 0.117. The molecule has 0 radical (unpaired) electrons. The number of non-ortho nitro benzene ring substituents is 1. The smallest absolute Gasteiger partial charge is 0.270 e. The SMILES string of the molecule is Cc1cccc(NC(=O)CSc2nc3ccc([N+](=O)[O-])cc3s2)c1. The maximum Gasteiger partial charge on any atom is 0.270 e. The fraction of sp³-hybridized carbons (Fsp3) is 0.125. The zero-order valence-electron chi connectivity index (χ0n) is 12.7. The van der Waals surface area contributed by atoms with Crippen molar-refractivity contribution in [2.24, 2.45) is 0 Å². The van der Waals surface area contributed by atoms with Gasteiger partial charge < -0.3 is 5.32 Å². The van der Waals surface area contributed by atoms with Gasteiger partial charge in [0.25, 0.3) is 5.69 Å². The number of rotatable bonds is 5. The molecule has 1 N–H and O–H groups in total. The number of hydrogen-bond acceptors (Lipinski definition) is 6. The number of anilines is 1. The summed E-state index contributed by atoms with van der Waals surface area (Å²) in [5, 5.41) is 13.6. The summed E-state index contributed by atoms with van der Waals surface area (Å²) >= 11 is 2.66. The van der Waals surface area contributed by atoms with E-state index in [1.165, 1.54) is 35.2 Å². The van der Waals surface area contributed by atoms with Gasteiger partial charge in [0.1, 0.15) is 0 Å². The normalized spacial score (nSPS) is 10.7. The number of carbonyl (C=O) groups excluding carboxylic acids is 1. The van der Waals surface area contributed by atoms with Gasteiger partial charge in [-0.3, -0.25) is 14.9 Å². The molecule has 1 amide bonds. The van der Waals surface area contributed by atoms with Crippen LogP contribution >= 0.6 is 23.1 Å². The number of aromatic nitrogens is 1. The molecule has 0 saturated carbocycles. The summed E-state index contributed by atoms with van der Waals surface area (Å²) in [6, 6.07) is 12.2. The Balaban J connectivity index is 1.64. The second-order valence-electron chi connectivity index (χ2n) is 5.10. The molecule has 0 atom stereocenters. The molecule has 122 valence electrons. The number of nitrogens with one attached hydrogen (secondary N) is 1. The Bertz CT molecular complexity index is 924. The molecule has 1 aromatic heterocycles. The average Bonchev–Trinajstić information content (AvgIpc) is 2.95. The summed E-state index contributed by atoms with van der Waals surface area (Å²) in [7, 11) is 0.